The molecule has 0 atom stereocenters. The topological polar surface area (TPSA) is 55.5 Å². The molecule has 13 heavy (non-hydrogen) atoms. The van der Waals surface area contributed by atoms with Gasteiger partial charge in [0.15, 0.2) is 0 Å². The molecular weight excluding hydrogens is 170 g/mol. The number of rotatable bonds is 2. The lowest BCUT2D eigenvalue weighted by Gasteiger charge is -2.19. The van der Waals surface area contributed by atoms with Crippen LogP contribution in [0.1, 0.15) is 30.3 Å². The number of aromatic nitrogens is 1. The fraction of sp³-hybridized carbons (Fsp3) is 0.667. The molecule has 1 N–H and O–H groups in total. The van der Waals surface area contributed by atoms with Gasteiger partial charge in [-0.15, -0.1) is 0 Å². The van der Waals surface area contributed by atoms with Crippen molar-refractivity contribution < 1.29 is 14.3 Å². The Morgan fingerprint density at radius 1 is 1.46 bits per heavy atom. The second kappa shape index (κ2) is 3.89. The van der Waals surface area contributed by atoms with Gasteiger partial charge in [-0.05, 0) is 12.8 Å². The highest BCUT2D eigenvalue weighted by Gasteiger charge is 2.19. The minimum absolute atomic E-state index is 0.122. The first-order chi connectivity index (χ1) is 6.40. The summed E-state index contributed by atoms with van der Waals surface area (Å²) in [6, 6.07) is 0. The van der Waals surface area contributed by atoms with E-state index in [2.05, 4.69) is 4.98 Å². The highest BCUT2D eigenvalue weighted by Crippen LogP contribution is 2.25. The quantitative estimate of drug-likeness (QED) is 0.744. The largest absolute Gasteiger partial charge is 0.446 e. The molecule has 1 aromatic rings. The zero-order chi connectivity index (χ0) is 9.10. The van der Waals surface area contributed by atoms with E-state index in [-0.39, 0.29) is 6.61 Å². The zero-order valence-electron chi connectivity index (χ0n) is 7.40. The molecule has 0 aromatic carbocycles. The molecule has 4 nitrogen and oxygen atoms in total. The van der Waals surface area contributed by atoms with Gasteiger partial charge in [-0.2, -0.15) is 0 Å². The Hall–Kier alpha value is -0.870. The van der Waals surface area contributed by atoms with Crippen molar-refractivity contribution in [2.24, 2.45) is 0 Å². The number of aliphatic hydroxyl groups is 1. The van der Waals surface area contributed by atoms with Crippen LogP contribution in [0.4, 0.5) is 0 Å². The smallest absolute Gasteiger partial charge is 0.219 e. The van der Waals surface area contributed by atoms with Crippen LogP contribution in [0, 0.1) is 0 Å². The summed E-state index contributed by atoms with van der Waals surface area (Å²) in [5.41, 5.74) is 0.951. The van der Waals surface area contributed by atoms with E-state index in [1.807, 2.05) is 0 Å². The fourth-order valence-electron chi connectivity index (χ4n) is 1.58. The minimum Gasteiger partial charge on any atom is -0.446 e. The molecule has 0 amide bonds. The van der Waals surface area contributed by atoms with Crippen molar-refractivity contribution in [2.75, 3.05) is 13.2 Å². The summed E-state index contributed by atoms with van der Waals surface area (Å²) in [4.78, 5) is 4.18. The molecule has 4 heteroatoms. The molecule has 0 bridgehead atoms. The molecule has 1 fully saturated rings. The van der Waals surface area contributed by atoms with E-state index in [0.29, 0.717) is 11.8 Å². The SMILES string of the molecule is OCc1nc(C2CCOCC2)co1. The number of hydrogen-bond acceptors (Lipinski definition) is 4. The Morgan fingerprint density at radius 3 is 2.85 bits per heavy atom. The van der Waals surface area contributed by atoms with Gasteiger partial charge in [0.05, 0.1) is 5.69 Å². The summed E-state index contributed by atoms with van der Waals surface area (Å²) in [7, 11) is 0. The van der Waals surface area contributed by atoms with Crippen LogP contribution in [0.2, 0.25) is 0 Å². The van der Waals surface area contributed by atoms with Crippen molar-refractivity contribution in [2.45, 2.75) is 25.4 Å². The molecule has 1 aromatic heterocycles. The van der Waals surface area contributed by atoms with Gasteiger partial charge in [-0.1, -0.05) is 0 Å². The predicted molar refractivity (Wildman–Crippen MR) is 45.2 cm³/mol. The molecule has 0 unspecified atom stereocenters. The van der Waals surface area contributed by atoms with Crippen molar-refractivity contribution in [1.82, 2.24) is 4.98 Å². The van der Waals surface area contributed by atoms with Crippen LogP contribution in [0.25, 0.3) is 0 Å². The summed E-state index contributed by atoms with van der Waals surface area (Å²) >= 11 is 0. The van der Waals surface area contributed by atoms with Gasteiger partial charge >= 0.3 is 0 Å². The number of aliphatic hydroxyl groups excluding tert-OH is 1. The minimum atomic E-state index is -0.122. The highest BCUT2D eigenvalue weighted by molar-refractivity contribution is 5.04. The zero-order valence-corrected chi connectivity index (χ0v) is 7.40. The highest BCUT2D eigenvalue weighted by atomic mass is 16.5. The number of nitrogens with zero attached hydrogens (tertiary/aromatic N) is 1. The third-order valence-corrected chi connectivity index (χ3v) is 2.34. The van der Waals surface area contributed by atoms with E-state index in [0.717, 1.165) is 31.7 Å². The molecule has 0 radical (unpaired) electrons. The maximum atomic E-state index is 8.77. The van der Waals surface area contributed by atoms with Crippen LogP contribution in [-0.2, 0) is 11.3 Å². The number of oxazole rings is 1. The molecule has 1 saturated heterocycles. The standard InChI is InChI=1S/C9H13NO3/c11-5-9-10-8(6-13-9)7-1-3-12-4-2-7/h6-7,11H,1-5H2. The lowest BCUT2D eigenvalue weighted by Crippen LogP contribution is -2.14. The molecule has 0 saturated carbocycles. The molecule has 72 valence electrons. The van der Waals surface area contributed by atoms with E-state index >= 15 is 0 Å². The second-order valence-corrected chi connectivity index (χ2v) is 3.21. The normalized spacial score (nSPS) is 19.2. The second-order valence-electron chi connectivity index (χ2n) is 3.21. The van der Waals surface area contributed by atoms with E-state index < -0.39 is 0 Å². The molecular formula is C9H13NO3. The van der Waals surface area contributed by atoms with Crippen LogP contribution in [0.15, 0.2) is 10.7 Å². The van der Waals surface area contributed by atoms with Crippen LogP contribution >= 0.6 is 0 Å². The predicted octanol–water partition coefficient (Wildman–Crippen LogP) is 1.06. The molecule has 1 aliphatic rings. The Balaban J connectivity index is 2.05. The van der Waals surface area contributed by atoms with Gasteiger partial charge in [0.2, 0.25) is 5.89 Å². The van der Waals surface area contributed by atoms with Crippen LogP contribution in [0.3, 0.4) is 0 Å². The van der Waals surface area contributed by atoms with Crippen molar-refractivity contribution >= 4 is 0 Å². The van der Waals surface area contributed by atoms with Gasteiger partial charge in [0.1, 0.15) is 12.9 Å². The van der Waals surface area contributed by atoms with Crippen LogP contribution in [-0.4, -0.2) is 23.3 Å². The average molecular weight is 183 g/mol. The van der Waals surface area contributed by atoms with E-state index in [4.69, 9.17) is 14.3 Å². The third-order valence-electron chi connectivity index (χ3n) is 2.34. The van der Waals surface area contributed by atoms with Gasteiger partial charge in [-0.25, -0.2) is 4.98 Å². The first-order valence-electron chi connectivity index (χ1n) is 4.53. The Kier molecular flexibility index (Phi) is 2.61. The Morgan fingerprint density at radius 2 is 2.23 bits per heavy atom. The Labute approximate surface area is 76.5 Å². The van der Waals surface area contributed by atoms with Gasteiger partial charge < -0.3 is 14.3 Å². The molecule has 0 spiro atoms. The first kappa shape index (κ1) is 8.72. The molecule has 1 aliphatic heterocycles. The maximum absolute atomic E-state index is 8.77. The summed E-state index contributed by atoms with van der Waals surface area (Å²) < 4.78 is 10.3. The monoisotopic (exact) mass is 183 g/mol. The summed E-state index contributed by atoms with van der Waals surface area (Å²) in [6.45, 7) is 1.47. The van der Waals surface area contributed by atoms with Crippen molar-refractivity contribution in [1.29, 1.82) is 0 Å². The lowest BCUT2D eigenvalue weighted by atomic mass is 9.97. The summed E-state index contributed by atoms with van der Waals surface area (Å²) in [6.07, 6.45) is 3.64. The number of ether oxygens (including phenoxy) is 1. The average Bonchev–Trinajstić information content (AvgIpc) is 2.67. The molecule has 2 rings (SSSR count). The van der Waals surface area contributed by atoms with Crippen molar-refractivity contribution in [3.05, 3.63) is 17.8 Å². The first-order valence-corrected chi connectivity index (χ1v) is 4.53. The van der Waals surface area contributed by atoms with Crippen molar-refractivity contribution in [3.8, 4) is 0 Å². The summed E-state index contributed by atoms with van der Waals surface area (Å²) in [5, 5.41) is 8.77. The van der Waals surface area contributed by atoms with E-state index in [1.54, 1.807) is 6.26 Å². The van der Waals surface area contributed by atoms with E-state index in [9.17, 15) is 0 Å². The van der Waals surface area contributed by atoms with Gasteiger partial charge in [0.25, 0.3) is 0 Å². The Bertz CT molecular complexity index is 266. The van der Waals surface area contributed by atoms with Gasteiger partial charge in [-0.3, -0.25) is 0 Å². The molecule has 0 aliphatic carbocycles. The third kappa shape index (κ3) is 1.89. The van der Waals surface area contributed by atoms with E-state index in [1.165, 1.54) is 0 Å². The molecule has 2 heterocycles. The number of hydrogen-bond donors (Lipinski definition) is 1. The van der Waals surface area contributed by atoms with Crippen LogP contribution < -0.4 is 0 Å². The summed E-state index contributed by atoms with van der Waals surface area (Å²) in [5.74, 6) is 0.847. The van der Waals surface area contributed by atoms with Crippen LogP contribution in [0.5, 0.6) is 0 Å². The fourth-order valence-corrected chi connectivity index (χ4v) is 1.58. The lowest BCUT2D eigenvalue weighted by molar-refractivity contribution is 0.0845. The van der Waals surface area contributed by atoms with Crippen molar-refractivity contribution in [3.63, 3.8) is 0 Å². The van der Waals surface area contributed by atoms with Gasteiger partial charge in [0, 0.05) is 19.1 Å². The maximum Gasteiger partial charge on any atom is 0.219 e.